The summed E-state index contributed by atoms with van der Waals surface area (Å²) in [4.78, 5) is 18.7. The Balaban J connectivity index is 0.000000187. The van der Waals surface area contributed by atoms with Gasteiger partial charge in [-0.2, -0.15) is 0 Å². The molecule has 6 nitrogen and oxygen atoms in total. The van der Waals surface area contributed by atoms with Gasteiger partial charge in [0, 0.05) is 113 Å². The molecule has 422 valence electrons. The van der Waals surface area contributed by atoms with Crippen molar-refractivity contribution in [1.29, 1.82) is 0 Å². The molecule has 4 aromatic carbocycles. The number of fused-ring (bicyclic) bond motifs is 12. The van der Waals surface area contributed by atoms with Crippen LogP contribution in [0.15, 0.2) is 158 Å². The van der Waals surface area contributed by atoms with Crippen LogP contribution in [0.3, 0.4) is 0 Å². The Labute approximate surface area is 475 Å². The Kier molecular flexibility index (Phi) is 21.4. The minimum absolute atomic E-state index is 0. The van der Waals surface area contributed by atoms with Crippen molar-refractivity contribution in [3.63, 3.8) is 0 Å². The van der Waals surface area contributed by atoms with Crippen LogP contribution < -0.4 is 0 Å². The third-order valence-corrected chi connectivity index (χ3v) is 18.6. The average molecular weight is 1050 g/mol. The molecule has 0 amide bonds. The SMILES string of the molecule is C1=CC2CC(Cc3ccccc3)C(C1)N(CCc1c[nH]c3ccccc13)C2.CC.CC.CCCC1CC2C=CCC1N(CCc1c[nH]c3ccccc13)C2.CCCCC1CC2C=CCC1N(CCc1c[nH]c3ccccc13)C2.[HH].[HH].[HH]. The molecule has 9 aliphatic rings. The first kappa shape index (κ1) is 57.3. The monoisotopic (exact) mass is 1050 g/mol. The number of hydrogen-bond acceptors (Lipinski definition) is 3. The Morgan fingerprint density at radius 3 is 1.22 bits per heavy atom. The van der Waals surface area contributed by atoms with Crippen LogP contribution in [0.4, 0.5) is 0 Å². The zero-order valence-electron chi connectivity index (χ0n) is 48.9. The highest BCUT2D eigenvalue weighted by atomic mass is 15.2. The molecule has 0 spiro atoms. The van der Waals surface area contributed by atoms with Gasteiger partial charge in [0.1, 0.15) is 0 Å². The molecule has 3 aromatic heterocycles. The van der Waals surface area contributed by atoms with E-state index in [4.69, 9.17) is 0 Å². The second-order valence-corrected chi connectivity index (χ2v) is 23.4. The molecule has 3 aliphatic carbocycles. The lowest BCUT2D eigenvalue weighted by Crippen LogP contribution is -2.48. The van der Waals surface area contributed by atoms with Gasteiger partial charge in [0.2, 0.25) is 0 Å². The Morgan fingerprint density at radius 2 is 0.808 bits per heavy atom. The van der Waals surface area contributed by atoms with Crippen LogP contribution in [-0.4, -0.2) is 87.0 Å². The third-order valence-electron chi connectivity index (χ3n) is 18.6. The highest BCUT2D eigenvalue weighted by Crippen LogP contribution is 2.39. The number of nitrogens with zero attached hydrogens (tertiary/aromatic N) is 3. The topological polar surface area (TPSA) is 57.1 Å². The van der Waals surface area contributed by atoms with Crippen molar-refractivity contribution in [2.75, 3.05) is 39.3 Å². The van der Waals surface area contributed by atoms with E-state index in [0.29, 0.717) is 6.04 Å². The van der Waals surface area contributed by atoms with E-state index in [0.717, 1.165) is 73.4 Å². The molecule has 9 unspecified atom stereocenters. The van der Waals surface area contributed by atoms with E-state index < -0.39 is 0 Å². The van der Waals surface area contributed by atoms with Gasteiger partial charge in [-0.05, 0) is 153 Å². The largest absolute Gasteiger partial charge is 0.361 e. The van der Waals surface area contributed by atoms with Crippen molar-refractivity contribution in [2.24, 2.45) is 35.5 Å². The number of nitrogens with one attached hydrogen (secondary N) is 3. The van der Waals surface area contributed by atoms with Crippen LogP contribution >= 0.6 is 0 Å². The molecule has 6 bridgehead atoms. The maximum Gasteiger partial charge on any atom is 0.0456 e. The van der Waals surface area contributed by atoms with Crippen LogP contribution in [0.1, 0.15) is 139 Å². The second kappa shape index (κ2) is 29.2. The van der Waals surface area contributed by atoms with Gasteiger partial charge in [0.25, 0.3) is 0 Å². The molecule has 9 atom stereocenters. The minimum atomic E-state index is 0. The Bertz CT molecular complexity index is 2950. The number of aromatic nitrogens is 3. The van der Waals surface area contributed by atoms with Crippen LogP contribution in [0, 0.1) is 35.5 Å². The van der Waals surface area contributed by atoms with Gasteiger partial charge in [-0.1, -0.05) is 182 Å². The predicted octanol–water partition coefficient (Wildman–Crippen LogP) is 18.0. The highest BCUT2D eigenvalue weighted by Gasteiger charge is 2.38. The zero-order valence-corrected chi connectivity index (χ0v) is 48.9. The molecule has 78 heavy (non-hydrogen) atoms. The highest BCUT2D eigenvalue weighted by molar-refractivity contribution is 5.84. The Hall–Kier alpha value is -5.40. The van der Waals surface area contributed by atoms with E-state index in [1.165, 1.54) is 165 Å². The number of benzene rings is 4. The summed E-state index contributed by atoms with van der Waals surface area (Å²) < 4.78 is 0. The van der Waals surface area contributed by atoms with Crippen LogP contribution in [0.25, 0.3) is 32.7 Å². The van der Waals surface area contributed by atoms with Crippen molar-refractivity contribution >= 4 is 32.7 Å². The maximum absolute atomic E-state index is 3.43. The Morgan fingerprint density at radius 1 is 0.436 bits per heavy atom. The lowest BCUT2D eigenvalue weighted by atomic mass is 9.80. The first-order chi connectivity index (χ1) is 38.6. The fourth-order valence-electron chi connectivity index (χ4n) is 14.9. The minimum Gasteiger partial charge on any atom is -0.361 e. The molecular weight excluding hydrogens is 949 g/mol. The summed E-state index contributed by atoms with van der Waals surface area (Å²) in [6, 6.07) is 39.3. The number of H-pyrrole nitrogens is 3. The summed E-state index contributed by atoms with van der Waals surface area (Å²) in [6.07, 6.45) is 40.9. The van der Waals surface area contributed by atoms with E-state index in [-0.39, 0.29) is 4.28 Å². The summed E-state index contributed by atoms with van der Waals surface area (Å²) in [5.41, 5.74) is 9.70. The van der Waals surface area contributed by atoms with Crippen LogP contribution in [0.2, 0.25) is 0 Å². The fourth-order valence-corrected chi connectivity index (χ4v) is 14.9. The molecular formula is C72H104N6. The number of rotatable bonds is 16. The molecule has 16 rings (SSSR count). The molecule has 6 aliphatic heterocycles. The van der Waals surface area contributed by atoms with Crippen LogP contribution in [0.5, 0.6) is 0 Å². The number of para-hydroxylation sites is 3. The van der Waals surface area contributed by atoms with E-state index >= 15 is 0 Å². The molecule has 0 saturated carbocycles. The normalized spacial score (nSPS) is 25.3. The number of hydrogen-bond donors (Lipinski definition) is 3. The zero-order chi connectivity index (χ0) is 54.1. The lowest BCUT2D eigenvalue weighted by molar-refractivity contribution is 0.0727. The summed E-state index contributed by atoms with van der Waals surface area (Å²) in [6.45, 7) is 20.0. The molecule has 9 heterocycles. The van der Waals surface area contributed by atoms with Gasteiger partial charge < -0.3 is 15.0 Å². The molecule has 3 fully saturated rings. The van der Waals surface area contributed by atoms with E-state index in [9.17, 15) is 0 Å². The van der Waals surface area contributed by atoms with Gasteiger partial charge >= 0.3 is 0 Å². The van der Waals surface area contributed by atoms with Gasteiger partial charge in [0.15, 0.2) is 0 Å². The molecule has 0 radical (unpaired) electrons. The quantitative estimate of drug-likeness (QED) is 0.0846. The lowest BCUT2D eigenvalue weighted by Gasteiger charge is -2.42. The second-order valence-electron chi connectivity index (χ2n) is 23.4. The van der Waals surface area contributed by atoms with Crippen molar-refractivity contribution in [3.8, 4) is 0 Å². The number of piperidine rings is 3. The summed E-state index contributed by atoms with van der Waals surface area (Å²) in [5, 5.41) is 4.19. The standard InChI is InChI=1S/C25H28N2.C22H30N2.C21H28N2.2C2H6.3H2/c1-2-7-19(8-3-1)15-22-16-20-9-6-12-25(22)27(18-20)14-13-21-17-26-24-11-5-4-10-23(21)24;1-2-3-8-18-14-17-7-6-11-22(18)24(16-17)13-12-19-15-23-21-10-5-4-9-20(19)21;1-2-6-17-13-16-7-5-10-21(17)23(15-16)12-11-18-14-22-20-9-4-3-8-19(18)20;2*1-2;;;/h1-11,17,20,22,25-26H,12-16,18H2;4-7,9-10,15,17-18,22-23H,2-3,8,11-14,16H2,1H3;3-5,7-9,14,16-17,21-22H,2,6,10-13,15H2,1H3;2*1-2H3;3*1H. The smallest absolute Gasteiger partial charge is 0.0456 e. The summed E-state index contributed by atoms with van der Waals surface area (Å²) >= 11 is 0. The predicted molar refractivity (Wildman–Crippen MR) is 342 cm³/mol. The number of aromatic amines is 3. The van der Waals surface area contributed by atoms with Crippen molar-refractivity contribution in [1.82, 2.24) is 29.7 Å². The fraction of sp³-hybridized carbons (Fsp3) is 0.500. The van der Waals surface area contributed by atoms with Gasteiger partial charge in [-0.25, -0.2) is 0 Å². The van der Waals surface area contributed by atoms with Gasteiger partial charge in [-0.15, -0.1) is 0 Å². The first-order valence-corrected chi connectivity index (χ1v) is 31.5. The van der Waals surface area contributed by atoms with Crippen molar-refractivity contribution < 1.29 is 4.28 Å². The van der Waals surface area contributed by atoms with E-state index in [1.807, 2.05) is 27.7 Å². The van der Waals surface area contributed by atoms with Crippen molar-refractivity contribution in [3.05, 3.63) is 180 Å². The number of unbranched alkanes of at least 4 members (excludes halogenated alkanes) is 1. The first-order valence-electron chi connectivity index (χ1n) is 31.5. The molecule has 6 heteroatoms. The third kappa shape index (κ3) is 14.3. The van der Waals surface area contributed by atoms with Crippen LogP contribution in [-0.2, 0) is 25.7 Å². The van der Waals surface area contributed by atoms with E-state index in [1.54, 1.807) is 0 Å². The molecule has 3 saturated heterocycles. The van der Waals surface area contributed by atoms with Gasteiger partial charge in [-0.3, -0.25) is 14.7 Å². The van der Waals surface area contributed by atoms with Gasteiger partial charge in [0.05, 0.1) is 0 Å². The molecule has 7 aromatic rings. The average Bonchev–Trinajstić information content (AvgIpc) is 3.93. The maximum atomic E-state index is 3.43. The summed E-state index contributed by atoms with van der Waals surface area (Å²) in [7, 11) is 0. The van der Waals surface area contributed by atoms with Crippen molar-refractivity contribution in [2.45, 2.75) is 156 Å². The van der Waals surface area contributed by atoms with E-state index in [2.05, 4.69) is 202 Å². The summed E-state index contributed by atoms with van der Waals surface area (Å²) in [5.74, 6) is 4.87. The molecule has 3 N–H and O–H groups in total.